The molecule has 1 aliphatic rings. The van der Waals surface area contributed by atoms with Crippen LogP contribution in [0.15, 0.2) is 47.5 Å². The number of rotatable bonds is 5. The number of anilines is 1. The van der Waals surface area contributed by atoms with E-state index in [9.17, 15) is 9.59 Å². The molecule has 34 heavy (non-hydrogen) atoms. The van der Waals surface area contributed by atoms with Gasteiger partial charge < -0.3 is 15.2 Å². The van der Waals surface area contributed by atoms with Crippen LogP contribution in [0.2, 0.25) is 5.02 Å². The number of H-pyrrole nitrogens is 1. The number of aromatic nitrogens is 3. The molecule has 4 aromatic rings. The van der Waals surface area contributed by atoms with Gasteiger partial charge in [-0.2, -0.15) is 0 Å². The quantitative estimate of drug-likeness (QED) is 0.460. The lowest BCUT2D eigenvalue weighted by atomic mass is 10.0. The predicted octanol–water partition coefficient (Wildman–Crippen LogP) is 3.07. The van der Waals surface area contributed by atoms with E-state index in [0.717, 1.165) is 72.5 Å². The minimum Gasteiger partial charge on any atom is -0.368 e. The van der Waals surface area contributed by atoms with Crippen LogP contribution < -0.4 is 15.9 Å². The largest absolute Gasteiger partial charge is 0.368 e. The summed E-state index contributed by atoms with van der Waals surface area (Å²) in [6.07, 6.45) is 4.44. The Hall–Kier alpha value is -3.36. The zero-order valence-corrected chi connectivity index (χ0v) is 20.0. The second kappa shape index (κ2) is 9.12. The van der Waals surface area contributed by atoms with E-state index in [1.165, 1.54) is 0 Å². The van der Waals surface area contributed by atoms with Crippen LogP contribution in [0.4, 0.5) is 5.69 Å². The summed E-state index contributed by atoms with van der Waals surface area (Å²) in [5.41, 5.74) is 5.95. The van der Waals surface area contributed by atoms with Crippen molar-refractivity contribution >= 4 is 39.7 Å². The van der Waals surface area contributed by atoms with E-state index < -0.39 is 0 Å². The molecule has 0 spiro atoms. The summed E-state index contributed by atoms with van der Waals surface area (Å²) in [5, 5.41) is 3.28. The van der Waals surface area contributed by atoms with E-state index >= 15 is 0 Å². The second-order valence-corrected chi connectivity index (χ2v) is 9.00. The van der Waals surface area contributed by atoms with Crippen molar-refractivity contribution in [1.29, 1.82) is 0 Å². The van der Waals surface area contributed by atoms with Crippen molar-refractivity contribution in [2.45, 2.75) is 19.9 Å². The SMILES string of the molecule is CCc1cc(C(=O)NC)cc(Cl)c1N1CCN(Cc2cnc3c(c2)[nH]c(=O)n2cccc32)CC1. The number of carbonyl (C=O) groups excluding carboxylic acids is 1. The molecule has 1 aliphatic heterocycles. The highest BCUT2D eigenvalue weighted by Crippen LogP contribution is 2.33. The van der Waals surface area contributed by atoms with Gasteiger partial charge in [-0.25, -0.2) is 4.79 Å². The number of hydrogen-bond acceptors (Lipinski definition) is 5. The number of hydrogen-bond donors (Lipinski definition) is 2. The lowest BCUT2D eigenvalue weighted by Gasteiger charge is -2.37. The highest BCUT2D eigenvalue weighted by molar-refractivity contribution is 6.34. The molecule has 4 heterocycles. The molecule has 0 atom stereocenters. The number of halogens is 1. The Kier molecular flexibility index (Phi) is 6.02. The molecular formula is C25H27ClN6O2. The van der Waals surface area contributed by atoms with Crippen LogP contribution in [0.5, 0.6) is 0 Å². The zero-order chi connectivity index (χ0) is 23.8. The number of fused-ring (bicyclic) bond motifs is 3. The van der Waals surface area contributed by atoms with Crippen LogP contribution in [-0.4, -0.2) is 58.4 Å². The Bertz CT molecular complexity index is 1430. The first-order valence-electron chi connectivity index (χ1n) is 11.5. The van der Waals surface area contributed by atoms with Gasteiger partial charge >= 0.3 is 5.69 Å². The summed E-state index contributed by atoms with van der Waals surface area (Å²) in [5.74, 6) is -0.129. The molecule has 1 aromatic carbocycles. The first-order chi connectivity index (χ1) is 16.5. The normalized spacial score (nSPS) is 14.7. The number of carbonyl (C=O) groups is 1. The number of piperazine rings is 1. The maximum Gasteiger partial charge on any atom is 0.330 e. The molecule has 9 heteroatoms. The summed E-state index contributed by atoms with van der Waals surface area (Å²) in [7, 11) is 1.62. The average molecular weight is 479 g/mol. The van der Waals surface area contributed by atoms with Gasteiger partial charge in [0.2, 0.25) is 0 Å². The number of nitrogens with zero attached hydrogens (tertiary/aromatic N) is 4. The molecule has 0 saturated carbocycles. The van der Waals surface area contributed by atoms with Crippen LogP contribution in [0, 0.1) is 0 Å². The van der Waals surface area contributed by atoms with Gasteiger partial charge in [-0.15, -0.1) is 0 Å². The van der Waals surface area contributed by atoms with E-state index in [2.05, 4.69) is 32.0 Å². The van der Waals surface area contributed by atoms with Gasteiger partial charge in [-0.05, 0) is 47.9 Å². The summed E-state index contributed by atoms with van der Waals surface area (Å²) in [6.45, 7) is 6.28. The topological polar surface area (TPSA) is 85.7 Å². The second-order valence-electron chi connectivity index (χ2n) is 8.59. The van der Waals surface area contributed by atoms with E-state index in [-0.39, 0.29) is 11.6 Å². The molecule has 1 saturated heterocycles. The summed E-state index contributed by atoms with van der Waals surface area (Å²) >= 11 is 6.64. The minimum atomic E-state index is -0.161. The molecule has 1 amide bonds. The molecule has 8 nitrogen and oxygen atoms in total. The van der Waals surface area contributed by atoms with Crippen molar-refractivity contribution in [1.82, 2.24) is 24.6 Å². The van der Waals surface area contributed by atoms with Crippen LogP contribution >= 0.6 is 11.6 Å². The summed E-state index contributed by atoms with van der Waals surface area (Å²) < 4.78 is 1.57. The molecule has 1 fully saturated rings. The van der Waals surface area contributed by atoms with Crippen molar-refractivity contribution in [3.05, 3.63) is 74.9 Å². The number of pyridine rings is 1. The van der Waals surface area contributed by atoms with Crippen LogP contribution in [0.1, 0.15) is 28.4 Å². The van der Waals surface area contributed by atoms with Crippen LogP contribution in [0.25, 0.3) is 16.6 Å². The molecule has 0 radical (unpaired) electrons. The Morgan fingerprint density at radius 2 is 2.00 bits per heavy atom. The van der Waals surface area contributed by atoms with Crippen molar-refractivity contribution < 1.29 is 4.79 Å². The Labute approximate surface area is 202 Å². The number of aromatic amines is 1. The molecule has 0 aliphatic carbocycles. The van der Waals surface area contributed by atoms with Crippen molar-refractivity contribution in [2.24, 2.45) is 0 Å². The average Bonchev–Trinajstić information content (AvgIpc) is 3.34. The van der Waals surface area contributed by atoms with E-state index in [4.69, 9.17) is 11.6 Å². The van der Waals surface area contributed by atoms with Crippen LogP contribution in [-0.2, 0) is 13.0 Å². The number of benzene rings is 1. The minimum absolute atomic E-state index is 0.129. The fourth-order valence-electron chi connectivity index (χ4n) is 4.76. The molecule has 2 N–H and O–H groups in total. The third-order valence-corrected chi connectivity index (χ3v) is 6.79. The molecule has 176 valence electrons. The number of amides is 1. The fraction of sp³-hybridized carbons (Fsp3) is 0.320. The van der Waals surface area contributed by atoms with Gasteiger partial charge in [-0.1, -0.05) is 18.5 Å². The number of nitrogens with one attached hydrogen (secondary N) is 2. The molecule has 0 unspecified atom stereocenters. The lowest BCUT2D eigenvalue weighted by Crippen LogP contribution is -2.46. The molecule has 0 bridgehead atoms. The van der Waals surface area contributed by atoms with E-state index in [0.29, 0.717) is 10.6 Å². The Balaban J connectivity index is 1.31. The third-order valence-electron chi connectivity index (χ3n) is 6.50. The van der Waals surface area contributed by atoms with Crippen molar-refractivity contribution in [3.8, 4) is 0 Å². The first kappa shape index (κ1) is 22.4. The number of aryl methyl sites for hydroxylation is 1. The maximum absolute atomic E-state index is 12.3. The molecule has 3 aromatic heterocycles. The summed E-state index contributed by atoms with van der Waals surface area (Å²) in [4.78, 5) is 36.6. The van der Waals surface area contributed by atoms with Gasteiger partial charge in [0.25, 0.3) is 5.91 Å². The Morgan fingerprint density at radius 3 is 2.74 bits per heavy atom. The smallest absolute Gasteiger partial charge is 0.330 e. The standard InChI is InChI=1S/C25H27ClN6O2/c1-3-17-12-18(24(33)27-2)13-19(26)23(17)31-9-7-30(8-10-31)15-16-11-20-22(28-14-16)21-5-4-6-32(21)25(34)29-20/h4-6,11-14H,3,7-10,15H2,1-2H3,(H,27,33)(H,29,34). The highest BCUT2D eigenvalue weighted by Gasteiger charge is 2.23. The highest BCUT2D eigenvalue weighted by atomic mass is 35.5. The maximum atomic E-state index is 12.3. The lowest BCUT2D eigenvalue weighted by molar-refractivity contribution is 0.0963. The first-order valence-corrected chi connectivity index (χ1v) is 11.9. The zero-order valence-electron chi connectivity index (χ0n) is 19.3. The predicted molar refractivity (Wildman–Crippen MR) is 135 cm³/mol. The fourth-order valence-corrected chi connectivity index (χ4v) is 5.12. The van der Waals surface area contributed by atoms with Gasteiger partial charge in [0.05, 0.1) is 21.7 Å². The van der Waals surface area contributed by atoms with Crippen LogP contribution in [0.3, 0.4) is 0 Å². The molecule has 5 rings (SSSR count). The molecular weight excluding hydrogens is 452 g/mol. The monoisotopic (exact) mass is 478 g/mol. The Morgan fingerprint density at radius 1 is 1.21 bits per heavy atom. The van der Waals surface area contributed by atoms with E-state index in [1.807, 2.05) is 30.5 Å². The van der Waals surface area contributed by atoms with Gasteiger partial charge in [0.1, 0.15) is 5.52 Å². The van der Waals surface area contributed by atoms with Gasteiger partial charge in [0, 0.05) is 57.7 Å². The van der Waals surface area contributed by atoms with Crippen molar-refractivity contribution in [3.63, 3.8) is 0 Å². The summed E-state index contributed by atoms with van der Waals surface area (Å²) in [6, 6.07) is 9.47. The van der Waals surface area contributed by atoms with Gasteiger partial charge in [-0.3, -0.25) is 19.1 Å². The van der Waals surface area contributed by atoms with Gasteiger partial charge in [0.15, 0.2) is 0 Å². The third kappa shape index (κ3) is 4.03. The van der Waals surface area contributed by atoms with E-state index in [1.54, 1.807) is 23.7 Å². The van der Waals surface area contributed by atoms with Crippen molar-refractivity contribution in [2.75, 3.05) is 38.1 Å².